The lowest BCUT2D eigenvalue weighted by Crippen LogP contribution is -3.27. The molecule has 7 heteroatoms. The van der Waals surface area contributed by atoms with Crippen LogP contribution in [0, 0.1) is 0 Å². The zero-order chi connectivity index (χ0) is 20.9. The Kier molecular flexibility index (Phi) is 6.40. The molecule has 1 aromatic heterocycles. The average molecular weight is 408 g/mol. The highest BCUT2D eigenvalue weighted by Crippen LogP contribution is 2.21. The van der Waals surface area contributed by atoms with Gasteiger partial charge in [-0.25, -0.2) is 4.68 Å². The lowest BCUT2D eigenvalue weighted by Gasteiger charge is -2.33. The smallest absolute Gasteiger partial charge is 0.214 e. The Morgan fingerprint density at radius 2 is 1.67 bits per heavy atom. The largest absolute Gasteiger partial charge is 0.378 e. The molecular weight excluding hydrogens is 374 g/mol. The Balaban J connectivity index is 1.62. The van der Waals surface area contributed by atoms with Crippen LogP contribution in [-0.2, 0) is 13.0 Å². The van der Waals surface area contributed by atoms with Crippen molar-refractivity contribution in [2.45, 2.75) is 19.0 Å². The second-order valence-electron chi connectivity index (χ2n) is 8.53. The number of likely N-dealkylation sites (N-methyl/N-ethyl adjacent to an activating group) is 1. The number of hydrogen-bond acceptors (Lipinski definition) is 4. The van der Waals surface area contributed by atoms with Crippen molar-refractivity contribution >= 4 is 5.69 Å². The van der Waals surface area contributed by atoms with Crippen LogP contribution in [-0.4, -0.2) is 67.5 Å². The van der Waals surface area contributed by atoms with Crippen LogP contribution in [0.25, 0.3) is 0 Å². The normalized spacial score (nSPS) is 20.1. The van der Waals surface area contributed by atoms with Gasteiger partial charge in [0, 0.05) is 31.9 Å². The van der Waals surface area contributed by atoms with E-state index in [4.69, 9.17) is 0 Å². The molecule has 30 heavy (non-hydrogen) atoms. The summed E-state index contributed by atoms with van der Waals surface area (Å²) in [5.74, 6) is 0.970. The van der Waals surface area contributed by atoms with Crippen LogP contribution in [0.3, 0.4) is 0 Å². The summed E-state index contributed by atoms with van der Waals surface area (Å²) in [7, 11) is 6.43. The van der Waals surface area contributed by atoms with Crippen LogP contribution in [0.15, 0.2) is 54.6 Å². The maximum absolute atomic E-state index is 4.52. The molecule has 2 N–H and O–H groups in total. The highest BCUT2D eigenvalue weighted by molar-refractivity contribution is 5.46. The first-order valence-electron chi connectivity index (χ1n) is 10.8. The van der Waals surface area contributed by atoms with Crippen molar-refractivity contribution in [2.75, 3.05) is 52.2 Å². The molecule has 0 amide bonds. The summed E-state index contributed by atoms with van der Waals surface area (Å²) < 4.78 is 2.01. The molecule has 1 aliphatic heterocycles. The molecule has 3 aromatic rings. The minimum absolute atomic E-state index is 0.153. The van der Waals surface area contributed by atoms with E-state index < -0.39 is 0 Å². The van der Waals surface area contributed by atoms with Crippen molar-refractivity contribution in [3.8, 4) is 0 Å². The first-order chi connectivity index (χ1) is 14.6. The third-order valence-electron chi connectivity index (χ3n) is 6.17. The number of aryl methyl sites for hydroxylation is 2. The van der Waals surface area contributed by atoms with Gasteiger partial charge in [-0.15, -0.1) is 5.10 Å². The van der Waals surface area contributed by atoms with Crippen molar-refractivity contribution in [1.82, 2.24) is 20.2 Å². The molecule has 2 heterocycles. The Hall–Kier alpha value is -2.77. The molecule has 158 valence electrons. The number of aromatic nitrogens is 4. The molecule has 7 nitrogen and oxygen atoms in total. The molecule has 0 unspecified atom stereocenters. The van der Waals surface area contributed by atoms with E-state index in [1.807, 2.05) is 4.68 Å². The van der Waals surface area contributed by atoms with Crippen LogP contribution < -0.4 is 14.7 Å². The van der Waals surface area contributed by atoms with Crippen LogP contribution in [0.5, 0.6) is 0 Å². The summed E-state index contributed by atoms with van der Waals surface area (Å²) in [5, 5.41) is 13.0. The van der Waals surface area contributed by atoms with Crippen LogP contribution >= 0.6 is 0 Å². The quantitative estimate of drug-likeness (QED) is 0.554. The van der Waals surface area contributed by atoms with E-state index in [9.17, 15) is 0 Å². The molecule has 2 aromatic carbocycles. The Labute approximate surface area is 178 Å². The lowest BCUT2D eigenvalue weighted by molar-refractivity contribution is -1.02. The monoisotopic (exact) mass is 407 g/mol. The van der Waals surface area contributed by atoms with Crippen LogP contribution in [0.4, 0.5) is 5.69 Å². The first kappa shape index (κ1) is 20.5. The first-order valence-corrected chi connectivity index (χ1v) is 10.8. The van der Waals surface area contributed by atoms with E-state index in [0.717, 1.165) is 31.9 Å². The fraction of sp³-hybridized carbons (Fsp3) is 0.435. The number of nitrogens with one attached hydrogen (secondary N) is 2. The number of piperazine rings is 1. The molecule has 1 aliphatic rings. The van der Waals surface area contributed by atoms with Gasteiger partial charge in [-0.2, -0.15) is 0 Å². The Morgan fingerprint density at radius 1 is 0.967 bits per heavy atom. The van der Waals surface area contributed by atoms with E-state index in [1.54, 1.807) is 9.80 Å². The number of rotatable bonds is 7. The zero-order valence-electron chi connectivity index (χ0n) is 18.3. The SMILES string of the molecule is CN(C)c1ccc([C@@H](c2nnnn2CCc2ccccc2)[NH+]2CC[NH+](C)CC2)cc1. The van der Waals surface area contributed by atoms with Crippen molar-refractivity contribution < 1.29 is 9.80 Å². The van der Waals surface area contributed by atoms with Crippen molar-refractivity contribution in [3.63, 3.8) is 0 Å². The highest BCUT2D eigenvalue weighted by Gasteiger charge is 2.34. The standard InChI is InChI=1S/C23H31N7/c1-27(2)21-11-9-20(10-12-21)22(29-17-15-28(3)16-18-29)23-24-25-26-30(23)14-13-19-7-5-4-6-8-19/h4-12,22H,13-18H2,1-3H3/p+2/t22-/m0/s1. The van der Waals surface area contributed by atoms with E-state index in [1.165, 1.54) is 29.9 Å². The summed E-state index contributed by atoms with van der Waals surface area (Å²) in [5.41, 5.74) is 3.80. The number of tetrazole rings is 1. The average Bonchev–Trinajstić information content (AvgIpc) is 3.23. The number of anilines is 1. The van der Waals surface area contributed by atoms with Crippen molar-refractivity contribution in [2.24, 2.45) is 0 Å². The van der Waals surface area contributed by atoms with E-state index >= 15 is 0 Å². The maximum atomic E-state index is 4.52. The van der Waals surface area contributed by atoms with Gasteiger partial charge >= 0.3 is 0 Å². The van der Waals surface area contributed by atoms with E-state index in [-0.39, 0.29) is 6.04 Å². The number of nitrogens with zero attached hydrogens (tertiary/aromatic N) is 5. The molecule has 1 saturated heterocycles. The van der Waals surface area contributed by atoms with E-state index in [2.05, 4.69) is 96.2 Å². The predicted molar refractivity (Wildman–Crippen MR) is 118 cm³/mol. The molecule has 0 spiro atoms. The molecule has 4 rings (SSSR count). The van der Waals surface area contributed by atoms with Gasteiger partial charge in [-0.05, 0) is 34.5 Å². The lowest BCUT2D eigenvalue weighted by atomic mass is 10.0. The molecule has 0 aliphatic carbocycles. The van der Waals surface area contributed by atoms with Gasteiger partial charge in [0.05, 0.1) is 7.05 Å². The van der Waals surface area contributed by atoms with Gasteiger partial charge in [-0.3, -0.25) is 0 Å². The number of quaternary nitrogens is 2. The summed E-state index contributed by atoms with van der Waals surface area (Å²) >= 11 is 0. The maximum Gasteiger partial charge on any atom is 0.214 e. The molecule has 0 radical (unpaired) electrons. The predicted octanol–water partition coefficient (Wildman–Crippen LogP) is -0.516. The summed E-state index contributed by atoms with van der Waals surface area (Å²) in [6.07, 6.45) is 0.924. The van der Waals surface area contributed by atoms with Gasteiger partial charge in [0.15, 0.2) is 6.04 Å². The van der Waals surface area contributed by atoms with Gasteiger partial charge < -0.3 is 14.7 Å². The second kappa shape index (κ2) is 9.36. The van der Waals surface area contributed by atoms with Crippen LogP contribution in [0.2, 0.25) is 0 Å². The van der Waals surface area contributed by atoms with Crippen molar-refractivity contribution in [3.05, 3.63) is 71.5 Å². The zero-order valence-corrected chi connectivity index (χ0v) is 18.3. The van der Waals surface area contributed by atoms with Crippen LogP contribution in [0.1, 0.15) is 23.0 Å². The topological polar surface area (TPSA) is 55.7 Å². The molecule has 1 fully saturated rings. The molecular formula is C23H33N7+2. The molecule has 0 bridgehead atoms. The Morgan fingerprint density at radius 3 is 2.33 bits per heavy atom. The minimum atomic E-state index is 0.153. The van der Waals surface area contributed by atoms with Gasteiger partial charge in [0.25, 0.3) is 0 Å². The fourth-order valence-corrected chi connectivity index (χ4v) is 4.28. The summed E-state index contributed by atoms with van der Waals surface area (Å²) in [6.45, 7) is 5.38. The Bertz CT molecular complexity index is 912. The van der Waals surface area contributed by atoms with Gasteiger partial charge in [0.1, 0.15) is 26.2 Å². The summed E-state index contributed by atoms with van der Waals surface area (Å²) in [4.78, 5) is 5.28. The number of benzene rings is 2. The van der Waals surface area contributed by atoms with Crippen molar-refractivity contribution in [1.29, 1.82) is 0 Å². The molecule has 1 atom stereocenters. The van der Waals surface area contributed by atoms with Gasteiger partial charge in [-0.1, -0.05) is 42.5 Å². The van der Waals surface area contributed by atoms with E-state index in [0.29, 0.717) is 0 Å². The molecule has 0 saturated carbocycles. The minimum Gasteiger partial charge on any atom is -0.378 e. The third-order valence-corrected chi connectivity index (χ3v) is 6.17. The summed E-state index contributed by atoms with van der Waals surface area (Å²) in [6, 6.07) is 19.6. The van der Waals surface area contributed by atoms with Gasteiger partial charge in [0.2, 0.25) is 5.82 Å². The number of hydrogen-bond donors (Lipinski definition) is 2. The third kappa shape index (κ3) is 4.68. The second-order valence-corrected chi connectivity index (χ2v) is 8.53. The highest BCUT2D eigenvalue weighted by atomic mass is 15.6. The fourth-order valence-electron chi connectivity index (χ4n) is 4.28.